The molecule has 0 aliphatic rings. The predicted octanol–water partition coefficient (Wildman–Crippen LogP) is 0.101. The van der Waals surface area contributed by atoms with E-state index in [1.54, 1.807) is 0 Å². The van der Waals surface area contributed by atoms with Crippen LogP contribution in [0.3, 0.4) is 0 Å². The van der Waals surface area contributed by atoms with Gasteiger partial charge in [-0.15, -0.1) is 0 Å². The Morgan fingerprint density at radius 3 is 1.35 bits per heavy atom. The summed E-state index contributed by atoms with van der Waals surface area (Å²) in [6, 6.07) is 0. The van der Waals surface area contributed by atoms with Gasteiger partial charge in [0.2, 0.25) is 0 Å². The van der Waals surface area contributed by atoms with Gasteiger partial charge in [0.15, 0.2) is 0 Å². The van der Waals surface area contributed by atoms with Gasteiger partial charge < -0.3 is 0 Å². The average molecular weight is 291 g/mol. The van der Waals surface area contributed by atoms with E-state index in [-0.39, 0.29) is 11.8 Å². The molecule has 0 aliphatic heterocycles. The molecule has 0 aromatic carbocycles. The van der Waals surface area contributed by atoms with E-state index in [4.69, 9.17) is 0 Å². The van der Waals surface area contributed by atoms with Gasteiger partial charge in [-0.25, -0.2) is 0 Å². The van der Waals surface area contributed by atoms with Gasteiger partial charge in [0.25, 0.3) is 0 Å². The summed E-state index contributed by atoms with van der Waals surface area (Å²) < 4.78 is 0. The first-order valence-corrected chi connectivity index (χ1v) is 7.08. The van der Waals surface area contributed by atoms with Crippen LogP contribution >= 0.6 is 0 Å². The first-order valence-electron chi connectivity index (χ1n) is 5.94. The SMILES string of the molecule is CC(CN(C)C)[CH](O)[Ni][CH](O)C(C)CN(C)C. The van der Waals surface area contributed by atoms with Crippen LogP contribution in [0, 0.1) is 11.8 Å². The molecule has 17 heavy (non-hydrogen) atoms. The standard InChI is InChI=1S/2C6H14NO.Ni/c2*1-6(5-8)4-7(2)3;/h2*5-6,8H,4H2,1-3H3;. The quantitative estimate of drug-likeness (QED) is 0.623. The summed E-state index contributed by atoms with van der Waals surface area (Å²) in [5.41, 5.74) is 0. The normalized spacial score (nSPS) is 19.6. The van der Waals surface area contributed by atoms with Crippen molar-refractivity contribution in [1.29, 1.82) is 0 Å². The molecule has 0 rings (SSSR count). The summed E-state index contributed by atoms with van der Waals surface area (Å²) in [5.74, 6) is 0.317. The molecule has 0 aliphatic carbocycles. The minimum absolute atomic E-state index is 0.159. The van der Waals surface area contributed by atoms with Crippen molar-refractivity contribution in [2.75, 3.05) is 41.3 Å². The molecule has 4 nitrogen and oxygen atoms in total. The van der Waals surface area contributed by atoms with Gasteiger partial charge in [-0.05, 0) is 0 Å². The van der Waals surface area contributed by atoms with E-state index in [1.165, 1.54) is 0 Å². The van der Waals surface area contributed by atoms with Crippen LogP contribution in [0.1, 0.15) is 13.8 Å². The molecule has 0 aromatic heterocycles. The van der Waals surface area contributed by atoms with Crippen LogP contribution in [-0.2, 0) is 14.4 Å². The molecule has 0 amide bonds. The first kappa shape index (κ1) is 17.3. The number of nitrogens with zero attached hydrogens (tertiary/aromatic N) is 2. The Morgan fingerprint density at radius 2 is 1.12 bits per heavy atom. The van der Waals surface area contributed by atoms with Crippen LogP contribution in [0.15, 0.2) is 0 Å². The Labute approximate surface area is 112 Å². The Balaban J connectivity index is 4.05. The minimum atomic E-state index is -0.496. The molecular formula is C12H28N2NiO2. The zero-order valence-corrected chi connectivity index (χ0v) is 12.8. The molecule has 5 heteroatoms. The number of aliphatic hydroxyl groups excluding tert-OH is 2. The van der Waals surface area contributed by atoms with Crippen molar-refractivity contribution < 1.29 is 24.7 Å². The van der Waals surface area contributed by atoms with Crippen molar-refractivity contribution in [1.82, 2.24) is 9.80 Å². The van der Waals surface area contributed by atoms with Crippen LogP contribution < -0.4 is 0 Å². The Hall–Kier alpha value is 0.334. The summed E-state index contributed by atoms with van der Waals surface area (Å²) in [7, 11) is 7.95. The molecule has 0 spiro atoms. The molecule has 108 valence electrons. The maximum atomic E-state index is 9.99. The van der Waals surface area contributed by atoms with E-state index in [0.717, 1.165) is 27.5 Å². The van der Waals surface area contributed by atoms with Gasteiger partial charge in [-0.3, -0.25) is 0 Å². The summed E-state index contributed by atoms with van der Waals surface area (Å²) >= 11 is 1.06. The third kappa shape index (κ3) is 8.12. The van der Waals surface area contributed by atoms with E-state index in [1.807, 2.05) is 51.8 Å². The Kier molecular flexibility index (Phi) is 8.60. The fourth-order valence-corrected chi connectivity index (χ4v) is 2.83. The van der Waals surface area contributed by atoms with Crippen molar-refractivity contribution in [2.45, 2.75) is 24.0 Å². The zero-order valence-electron chi connectivity index (χ0n) is 11.8. The molecule has 0 aromatic rings. The number of aliphatic hydroxyl groups is 2. The van der Waals surface area contributed by atoms with E-state index in [0.29, 0.717) is 0 Å². The zero-order chi connectivity index (χ0) is 13.6. The van der Waals surface area contributed by atoms with Crippen LogP contribution in [-0.4, -0.2) is 71.4 Å². The van der Waals surface area contributed by atoms with Crippen molar-refractivity contribution in [2.24, 2.45) is 11.8 Å². The second-order valence-corrected chi connectivity index (χ2v) is 6.75. The molecule has 0 bridgehead atoms. The molecule has 4 unspecified atom stereocenters. The number of rotatable bonds is 8. The van der Waals surface area contributed by atoms with Gasteiger partial charge in [0.05, 0.1) is 0 Å². The van der Waals surface area contributed by atoms with Crippen LogP contribution in [0.4, 0.5) is 0 Å². The van der Waals surface area contributed by atoms with Crippen LogP contribution in [0.2, 0.25) is 0 Å². The Bertz CT molecular complexity index is 183. The number of hydrogen-bond donors (Lipinski definition) is 2. The third-order valence-corrected chi connectivity index (χ3v) is 4.19. The van der Waals surface area contributed by atoms with Crippen molar-refractivity contribution in [3.05, 3.63) is 0 Å². The van der Waals surface area contributed by atoms with E-state index >= 15 is 0 Å². The average Bonchev–Trinajstić information content (AvgIpc) is 2.15. The van der Waals surface area contributed by atoms with Crippen molar-refractivity contribution >= 4 is 0 Å². The molecule has 4 atom stereocenters. The van der Waals surface area contributed by atoms with Gasteiger partial charge in [0.1, 0.15) is 0 Å². The third-order valence-electron chi connectivity index (χ3n) is 2.39. The second kappa shape index (κ2) is 8.44. The molecule has 2 N–H and O–H groups in total. The van der Waals surface area contributed by atoms with E-state index < -0.39 is 10.1 Å². The molecule has 0 fully saturated rings. The van der Waals surface area contributed by atoms with Gasteiger partial charge in [-0.2, -0.15) is 0 Å². The molecule has 0 radical (unpaired) electrons. The van der Waals surface area contributed by atoms with Gasteiger partial charge in [-0.1, -0.05) is 0 Å². The monoisotopic (exact) mass is 290 g/mol. The molecule has 0 saturated carbocycles. The summed E-state index contributed by atoms with van der Waals surface area (Å²) in [6.45, 7) is 5.67. The van der Waals surface area contributed by atoms with Gasteiger partial charge in [0, 0.05) is 0 Å². The fraction of sp³-hybridized carbons (Fsp3) is 1.00. The van der Waals surface area contributed by atoms with Crippen molar-refractivity contribution in [3.63, 3.8) is 0 Å². The Morgan fingerprint density at radius 1 is 0.824 bits per heavy atom. The van der Waals surface area contributed by atoms with E-state index in [9.17, 15) is 10.2 Å². The molecule has 0 saturated heterocycles. The topological polar surface area (TPSA) is 46.9 Å². The molecular weight excluding hydrogens is 263 g/mol. The number of hydrogen-bond acceptors (Lipinski definition) is 4. The summed E-state index contributed by atoms with van der Waals surface area (Å²) in [6.07, 6.45) is 0. The maximum absolute atomic E-state index is 9.99. The predicted molar refractivity (Wildman–Crippen MR) is 67.4 cm³/mol. The van der Waals surface area contributed by atoms with Gasteiger partial charge >= 0.3 is 112 Å². The van der Waals surface area contributed by atoms with E-state index in [2.05, 4.69) is 0 Å². The second-order valence-electron chi connectivity index (χ2n) is 5.26. The first-order chi connectivity index (χ1) is 7.73. The molecule has 0 heterocycles. The van der Waals surface area contributed by atoms with Crippen molar-refractivity contribution in [3.8, 4) is 0 Å². The van der Waals surface area contributed by atoms with Crippen LogP contribution in [0.5, 0.6) is 0 Å². The summed E-state index contributed by atoms with van der Waals surface area (Å²) in [5, 5.41) is 19.0. The fourth-order valence-electron chi connectivity index (χ4n) is 1.63. The van der Waals surface area contributed by atoms with Crippen LogP contribution in [0.25, 0.3) is 0 Å². The summed E-state index contributed by atoms with van der Waals surface area (Å²) in [4.78, 5) is 4.10.